The van der Waals surface area contributed by atoms with Crippen LogP contribution in [0.4, 0.5) is 4.79 Å². The molecule has 12 heteroatoms. The highest BCUT2D eigenvalue weighted by Crippen LogP contribution is 2.24. The fourth-order valence-corrected chi connectivity index (χ4v) is 3.95. The van der Waals surface area contributed by atoms with Crippen molar-refractivity contribution in [3.8, 4) is 0 Å². The van der Waals surface area contributed by atoms with Crippen LogP contribution in [0.25, 0.3) is 0 Å². The van der Waals surface area contributed by atoms with Gasteiger partial charge in [-0.25, -0.2) is 9.59 Å². The molecule has 0 bridgehead atoms. The Hall–Kier alpha value is -4.45. The zero-order valence-corrected chi connectivity index (χ0v) is 23.3. The fraction of sp³-hybridized carbons (Fsp3) is 0.414. The van der Waals surface area contributed by atoms with Crippen molar-refractivity contribution < 1.29 is 38.2 Å². The van der Waals surface area contributed by atoms with E-state index < -0.39 is 60.1 Å². The number of carbonyl (C=O) groups is 5. The molecule has 4 amide bonds. The van der Waals surface area contributed by atoms with Gasteiger partial charge in [-0.05, 0) is 25.0 Å². The molecular formula is C29H36N4O8. The van der Waals surface area contributed by atoms with Crippen LogP contribution in [0.2, 0.25) is 0 Å². The summed E-state index contributed by atoms with van der Waals surface area (Å²) in [5.74, 6) is -1.97. The van der Waals surface area contributed by atoms with Crippen molar-refractivity contribution in [2.45, 2.75) is 63.6 Å². The Morgan fingerprint density at radius 3 is 2.07 bits per heavy atom. The molecule has 2 aromatic carbocycles. The van der Waals surface area contributed by atoms with Crippen LogP contribution in [0, 0.1) is 0 Å². The summed E-state index contributed by atoms with van der Waals surface area (Å²) >= 11 is 0. The summed E-state index contributed by atoms with van der Waals surface area (Å²) in [6.45, 7) is 3.17. The van der Waals surface area contributed by atoms with Gasteiger partial charge in [-0.3, -0.25) is 14.4 Å². The zero-order valence-electron chi connectivity index (χ0n) is 23.3. The van der Waals surface area contributed by atoms with E-state index in [0.29, 0.717) is 0 Å². The first kappa shape index (κ1) is 31.1. The predicted octanol–water partition coefficient (Wildman–Crippen LogP) is 0.980. The smallest absolute Gasteiger partial charge is 0.408 e. The summed E-state index contributed by atoms with van der Waals surface area (Å²) in [5.41, 5.74) is 1.67. The van der Waals surface area contributed by atoms with Gasteiger partial charge in [-0.1, -0.05) is 60.7 Å². The largest absolute Gasteiger partial charge is 0.467 e. The second-order valence-corrected chi connectivity index (χ2v) is 9.65. The van der Waals surface area contributed by atoms with Crippen molar-refractivity contribution in [1.82, 2.24) is 21.3 Å². The van der Waals surface area contributed by atoms with Crippen molar-refractivity contribution >= 4 is 29.8 Å². The van der Waals surface area contributed by atoms with E-state index in [0.717, 1.165) is 11.1 Å². The maximum absolute atomic E-state index is 13.0. The van der Waals surface area contributed by atoms with Crippen LogP contribution >= 0.6 is 0 Å². The second kappa shape index (κ2) is 15.4. The second-order valence-electron chi connectivity index (χ2n) is 9.65. The summed E-state index contributed by atoms with van der Waals surface area (Å²) in [6, 6.07) is 15.8. The highest BCUT2D eigenvalue weighted by molar-refractivity contribution is 5.90. The Balaban J connectivity index is 1.44. The number of methoxy groups -OCH3 is 1. The van der Waals surface area contributed by atoms with Crippen LogP contribution in [0.1, 0.15) is 31.4 Å². The quantitative estimate of drug-likeness (QED) is 0.193. The van der Waals surface area contributed by atoms with Crippen molar-refractivity contribution in [3.05, 3.63) is 71.8 Å². The van der Waals surface area contributed by atoms with Crippen molar-refractivity contribution in [1.29, 1.82) is 0 Å². The van der Waals surface area contributed by atoms with Gasteiger partial charge in [-0.2, -0.15) is 0 Å². The minimum atomic E-state index is -0.895. The van der Waals surface area contributed by atoms with Crippen LogP contribution in [0.3, 0.4) is 0 Å². The van der Waals surface area contributed by atoms with Crippen LogP contribution in [-0.4, -0.2) is 73.8 Å². The topological polar surface area (TPSA) is 164 Å². The lowest BCUT2D eigenvalue weighted by Crippen LogP contribution is -2.50. The SMILES string of the molecule is COC(=O)[C@H](C)NC(=O)[C@H](C)NC(=O)C[C@H]1O[C@H]1CNC(=O)[C@H](Cc1ccccc1)NC(=O)OCc1ccccc1. The van der Waals surface area contributed by atoms with Crippen LogP contribution in [0.5, 0.6) is 0 Å². The molecule has 0 saturated carbocycles. The molecule has 0 unspecified atom stereocenters. The van der Waals surface area contributed by atoms with Gasteiger partial charge in [0.05, 0.1) is 19.6 Å². The molecule has 1 heterocycles. The molecule has 1 aliphatic rings. The Morgan fingerprint density at radius 1 is 0.805 bits per heavy atom. The molecule has 12 nitrogen and oxygen atoms in total. The standard InChI is InChI=1S/C29H36N4O8/c1-18(26(35)32-19(2)28(37)39-3)31-25(34)15-23-24(41-23)16-30-27(36)22(14-20-10-6-4-7-11-20)33-29(38)40-17-21-12-8-5-9-13-21/h4-13,18-19,22-24H,14-17H2,1-3H3,(H,30,36)(H,31,34)(H,32,35)(H,33,38)/t18-,19-,22-,23+,24-/m0/s1. The Morgan fingerprint density at radius 2 is 1.44 bits per heavy atom. The van der Waals surface area contributed by atoms with E-state index in [9.17, 15) is 24.0 Å². The number of amides is 4. The number of ether oxygens (including phenoxy) is 3. The predicted molar refractivity (Wildman–Crippen MR) is 147 cm³/mol. The van der Waals surface area contributed by atoms with Gasteiger partial charge in [0.2, 0.25) is 17.7 Å². The molecule has 1 aliphatic heterocycles. The van der Waals surface area contributed by atoms with E-state index in [2.05, 4.69) is 26.0 Å². The van der Waals surface area contributed by atoms with E-state index in [1.54, 1.807) is 0 Å². The van der Waals surface area contributed by atoms with E-state index in [1.165, 1.54) is 21.0 Å². The number of alkyl carbamates (subject to hydrolysis) is 1. The van der Waals surface area contributed by atoms with Gasteiger partial charge >= 0.3 is 12.1 Å². The average Bonchev–Trinajstić information content (AvgIpc) is 3.72. The van der Waals surface area contributed by atoms with Crippen molar-refractivity contribution in [3.63, 3.8) is 0 Å². The van der Waals surface area contributed by atoms with Gasteiger partial charge in [0.1, 0.15) is 30.8 Å². The minimum Gasteiger partial charge on any atom is -0.467 e. The molecular weight excluding hydrogens is 532 g/mol. The van der Waals surface area contributed by atoms with Crippen molar-refractivity contribution in [2.75, 3.05) is 13.7 Å². The molecule has 1 fully saturated rings. The van der Waals surface area contributed by atoms with Gasteiger partial charge in [0.15, 0.2) is 0 Å². The molecule has 0 aromatic heterocycles. The summed E-state index contributed by atoms with van der Waals surface area (Å²) in [7, 11) is 1.21. The molecule has 0 aliphatic carbocycles. The molecule has 0 radical (unpaired) electrons. The molecule has 5 atom stereocenters. The Kier molecular flexibility index (Phi) is 11.6. The zero-order chi connectivity index (χ0) is 29.8. The number of benzene rings is 2. The number of epoxide rings is 1. The number of carbonyl (C=O) groups excluding carboxylic acids is 5. The first-order chi connectivity index (χ1) is 19.7. The van der Waals surface area contributed by atoms with Crippen molar-refractivity contribution in [2.24, 2.45) is 0 Å². The van der Waals surface area contributed by atoms with Crippen LogP contribution < -0.4 is 21.3 Å². The number of hydrogen-bond donors (Lipinski definition) is 4. The van der Waals surface area contributed by atoms with Crippen LogP contribution in [-0.2, 0) is 46.4 Å². The normalized spacial score (nSPS) is 17.6. The number of rotatable bonds is 14. The molecule has 2 aromatic rings. The highest BCUT2D eigenvalue weighted by atomic mass is 16.6. The lowest BCUT2D eigenvalue weighted by Gasteiger charge is -2.18. The van der Waals surface area contributed by atoms with E-state index in [4.69, 9.17) is 9.47 Å². The highest BCUT2D eigenvalue weighted by Gasteiger charge is 2.41. The number of esters is 1. The Bertz CT molecular complexity index is 1190. The maximum atomic E-state index is 13.0. The van der Waals surface area contributed by atoms with Crippen LogP contribution in [0.15, 0.2) is 60.7 Å². The Labute approximate surface area is 238 Å². The summed E-state index contributed by atoms with van der Waals surface area (Å²) in [5, 5.41) is 10.4. The monoisotopic (exact) mass is 568 g/mol. The third-order valence-corrected chi connectivity index (χ3v) is 6.34. The molecule has 3 rings (SSSR count). The minimum absolute atomic E-state index is 0.0117. The lowest BCUT2D eigenvalue weighted by atomic mass is 10.1. The van der Waals surface area contributed by atoms with Gasteiger partial charge < -0.3 is 35.5 Å². The third kappa shape index (κ3) is 10.6. The molecule has 0 spiro atoms. The van der Waals surface area contributed by atoms with Gasteiger partial charge in [0, 0.05) is 13.0 Å². The fourth-order valence-electron chi connectivity index (χ4n) is 3.95. The van der Waals surface area contributed by atoms with E-state index in [1.807, 2.05) is 60.7 Å². The average molecular weight is 569 g/mol. The van der Waals surface area contributed by atoms with E-state index >= 15 is 0 Å². The maximum Gasteiger partial charge on any atom is 0.408 e. The molecule has 1 saturated heterocycles. The van der Waals surface area contributed by atoms with E-state index in [-0.39, 0.29) is 26.0 Å². The summed E-state index contributed by atoms with van der Waals surface area (Å²) < 4.78 is 15.4. The first-order valence-electron chi connectivity index (χ1n) is 13.3. The molecule has 41 heavy (non-hydrogen) atoms. The third-order valence-electron chi connectivity index (χ3n) is 6.34. The summed E-state index contributed by atoms with van der Waals surface area (Å²) in [6.07, 6.45) is -1.31. The lowest BCUT2D eigenvalue weighted by molar-refractivity contribution is -0.144. The molecule has 220 valence electrons. The number of hydrogen-bond acceptors (Lipinski definition) is 8. The summed E-state index contributed by atoms with van der Waals surface area (Å²) in [4.78, 5) is 61.5. The van der Waals surface area contributed by atoms with Gasteiger partial charge in [0.25, 0.3) is 0 Å². The number of nitrogens with one attached hydrogen (secondary N) is 4. The first-order valence-corrected chi connectivity index (χ1v) is 13.3. The van der Waals surface area contributed by atoms with Gasteiger partial charge in [-0.15, -0.1) is 0 Å². The molecule has 4 N–H and O–H groups in total.